The molecule has 3 rings (SSSR count). The summed E-state index contributed by atoms with van der Waals surface area (Å²) < 4.78 is 5.21. The van der Waals surface area contributed by atoms with Crippen LogP contribution in [0.2, 0.25) is 0 Å². The van der Waals surface area contributed by atoms with Crippen LogP contribution in [-0.4, -0.2) is 37.6 Å². The number of carbonyl (C=O) groups is 1. The van der Waals surface area contributed by atoms with E-state index in [1.807, 2.05) is 24.3 Å². The predicted molar refractivity (Wildman–Crippen MR) is 104 cm³/mol. The summed E-state index contributed by atoms with van der Waals surface area (Å²) in [5.74, 6) is 1.64. The molecule has 0 saturated carbocycles. The van der Waals surface area contributed by atoms with Gasteiger partial charge >= 0.3 is 0 Å². The van der Waals surface area contributed by atoms with Gasteiger partial charge in [-0.2, -0.15) is 0 Å². The number of hydrogen-bond donors (Lipinski definition) is 1. The molecule has 0 aliphatic carbocycles. The summed E-state index contributed by atoms with van der Waals surface area (Å²) in [4.78, 5) is 14.5. The molecule has 2 aromatic rings. The van der Waals surface area contributed by atoms with Crippen molar-refractivity contribution in [1.29, 1.82) is 0 Å². The molecule has 1 aliphatic rings. The van der Waals surface area contributed by atoms with E-state index in [2.05, 4.69) is 40.5 Å². The molecule has 138 valence electrons. The highest BCUT2D eigenvalue weighted by molar-refractivity contribution is 5.78. The van der Waals surface area contributed by atoms with E-state index in [1.54, 1.807) is 7.11 Å². The summed E-state index contributed by atoms with van der Waals surface area (Å²) in [6.45, 7) is 3.04. The highest BCUT2D eigenvalue weighted by Crippen LogP contribution is 2.21. The number of methoxy groups -OCH3 is 1. The number of amides is 1. The molecular weight excluding hydrogens is 324 g/mol. The van der Waals surface area contributed by atoms with Gasteiger partial charge in [0, 0.05) is 6.54 Å². The molecule has 26 heavy (non-hydrogen) atoms. The van der Waals surface area contributed by atoms with Gasteiger partial charge in [0.2, 0.25) is 5.91 Å². The topological polar surface area (TPSA) is 41.6 Å². The highest BCUT2D eigenvalue weighted by atomic mass is 16.5. The number of likely N-dealkylation sites (tertiary alicyclic amines) is 1. The van der Waals surface area contributed by atoms with E-state index in [0.29, 0.717) is 13.1 Å². The maximum absolute atomic E-state index is 12.2. The van der Waals surface area contributed by atoms with Crippen molar-refractivity contribution in [3.8, 4) is 5.75 Å². The van der Waals surface area contributed by atoms with Gasteiger partial charge in [-0.3, -0.25) is 9.69 Å². The Kier molecular flexibility index (Phi) is 6.67. The Morgan fingerprint density at radius 2 is 1.81 bits per heavy atom. The number of benzene rings is 2. The quantitative estimate of drug-likeness (QED) is 0.832. The maximum Gasteiger partial charge on any atom is 0.234 e. The molecule has 1 fully saturated rings. The number of rotatable bonds is 7. The van der Waals surface area contributed by atoms with Crippen LogP contribution in [0.15, 0.2) is 54.6 Å². The molecule has 2 aromatic carbocycles. The van der Waals surface area contributed by atoms with Gasteiger partial charge in [0.05, 0.1) is 13.7 Å². The minimum absolute atomic E-state index is 0.0920. The standard InChI is InChI=1S/C22H28N2O2/c1-26-21-9-5-8-20(15-21)16-23-22(25)17-24-12-10-19(11-13-24)14-18-6-3-2-4-7-18/h2-9,15,19H,10-14,16-17H2,1H3,(H,23,25). The third-order valence-electron chi connectivity index (χ3n) is 5.07. The van der Waals surface area contributed by atoms with E-state index in [1.165, 1.54) is 5.56 Å². The van der Waals surface area contributed by atoms with Crippen molar-refractivity contribution < 1.29 is 9.53 Å². The fourth-order valence-electron chi connectivity index (χ4n) is 3.54. The Balaban J connectivity index is 1.38. The highest BCUT2D eigenvalue weighted by Gasteiger charge is 2.20. The van der Waals surface area contributed by atoms with Crippen LogP contribution in [-0.2, 0) is 17.8 Å². The first-order valence-corrected chi connectivity index (χ1v) is 9.39. The van der Waals surface area contributed by atoms with Crippen LogP contribution in [0.5, 0.6) is 5.75 Å². The van der Waals surface area contributed by atoms with Gasteiger partial charge in [-0.25, -0.2) is 0 Å². The van der Waals surface area contributed by atoms with Gasteiger partial charge in [-0.15, -0.1) is 0 Å². The zero-order chi connectivity index (χ0) is 18.2. The average molecular weight is 352 g/mol. The normalized spacial score (nSPS) is 15.6. The Labute approximate surface area is 156 Å². The molecular formula is C22H28N2O2. The van der Waals surface area contributed by atoms with Crippen LogP contribution >= 0.6 is 0 Å². The Bertz CT molecular complexity index is 694. The molecule has 0 bridgehead atoms. The molecule has 1 heterocycles. The summed E-state index contributed by atoms with van der Waals surface area (Å²) in [6.07, 6.45) is 3.48. The van der Waals surface area contributed by atoms with Crippen molar-refractivity contribution in [3.05, 3.63) is 65.7 Å². The van der Waals surface area contributed by atoms with Crippen LogP contribution in [0.3, 0.4) is 0 Å². The Morgan fingerprint density at radius 3 is 2.54 bits per heavy atom. The second-order valence-electron chi connectivity index (χ2n) is 7.04. The summed E-state index contributed by atoms with van der Waals surface area (Å²) in [7, 11) is 1.65. The second kappa shape index (κ2) is 9.39. The van der Waals surface area contributed by atoms with Crippen molar-refractivity contribution in [2.24, 2.45) is 5.92 Å². The van der Waals surface area contributed by atoms with Crippen LogP contribution in [0.25, 0.3) is 0 Å². The van der Waals surface area contributed by atoms with Gasteiger partial charge in [0.1, 0.15) is 5.75 Å². The lowest BCUT2D eigenvalue weighted by Crippen LogP contribution is -2.41. The molecule has 1 amide bonds. The molecule has 4 nitrogen and oxygen atoms in total. The van der Waals surface area contributed by atoms with Crippen LogP contribution in [0, 0.1) is 5.92 Å². The van der Waals surface area contributed by atoms with E-state index in [0.717, 1.165) is 49.6 Å². The molecule has 1 N–H and O–H groups in total. The van der Waals surface area contributed by atoms with E-state index < -0.39 is 0 Å². The minimum Gasteiger partial charge on any atom is -0.497 e. The van der Waals surface area contributed by atoms with Crippen LogP contribution in [0.4, 0.5) is 0 Å². The molecule has 0 unspecified atom stereocenters. The second-order valence-corrected chi connectivity index (χ2v) is 7.04. The first-order chi connectivity index (χ1) is 12.7. The molecule has 0 radical (unpaired) electrons. The Morgan fingerprint density at radius 1 is 1.08 bits per heavy atom. The minimum atomic E-state index is 0.0920. The van der Waals surface area contributed by atoms with E-state index in [-0.39, 0.29) is 5.91 Å². The largest absolute Gasteiger partial charge is 0.497 e. The van der Waals surface area contributed by atoms with E-state index in [9.17, 15) is 4.79 Å². The Hall–Kier alpha value is -2.33. The fraction of sp³-hybridized carbons (Fsp3) is 0.409. The third-order valence-corrected chi connectivity index (χ3v) is 5.07. The van der Waals surface area contributed by atoms with Crippen molar-refractivity contribution in [1.82, 2.24) is 10.2 Å². The van der Waals surface area contributed by atoms with Gasteiger partial charge in [0.15, 0.2) is 0 Å². The molecule has 4 heteroatoms. The number of nitrogens with zero attached hydrogens (tertiary/aromatic N) is 1. The van der Waals surface area contributed by atoms with Crippen molar-refractivity contribution in [2.45, 2.75) is 25.8 Å². The van der Waals surface area contributed by atoms with Crippen LogP contribution < -0.4 is 10.1 Å². The number of piperidine rings is 1. The average Bonchev–Trinajstić information content (AvgIpc) is 2.69. The van der Waals surface area contributed by atoms with Crippen LogP contribution in [0.1, 0.15) is 24.0 Å². The molecule has 1 saturated heterocycles. The smallest absolute Gasteiger partial charge is 0.234 e. The van der Waals surface area contributed by atoms with Gasteiger partial charge in [0.25, 0.3) is 0 Å². The third kappa shape index (κ3) is 5.60. The summed E-state index contributed by atoms with van der Waals surface area (Å²) in [6, 6.07) is 18.5. The number of carbonyl (C=O) groups excluding carboxylic acids is 1. The lowest BCUT2D eigenvalue weighted by Gasteiger charge is -2.31. The number of nitrogens with one attached hydrogen (secondary N) is 1. The van der Waals surface area contributed by atoms with Gasteiger partial charge in [-0.05, 0) is 61.5 Å². The summed E-state index contributed by atoms with van der Waals surface area (Å²) in [5.41, 5.74) is 2.47. The molecule has 0 atom stereocenters. The van der Waals surface area contributed by atoms with E-state index in [4.69, 9.17) is 4.74 Å². The molecule has 1 aliphatic heterocycles. The SMILES string of the molecule is COc1cccc(CNC(=O)CN2CCC(Cc3ccccc3)CC2)c1. The monoisotopic (exact) mass is 352 g/mol. The number of hydrogen-bond acceptors (Lipinski definition) is 3. The first-order valence-electron chi connectivity index (χ1n) is 9.39. The van der Waals surface area contributed by atoms with Gasteiger partial charge < -0.3 is 10.1 Å². The first kappa shape index (κ1) is 18.5. The predicted octanol–water partition coefficient (Wildman–Crippen LogP) is 3.27. The fourth-order valence-corrected chi connectivity index (χ4v) is 3.54. The molecule has 0 aromatic heterocycles. The number of ether oxygens (including phenoxy) is 1. The van der Waals surface area contributed by atoms with Crippen molar-refractivity contribution in [2.75, 3.05) is 26.7 Å². The van der Waals surface area contributed by atoms with Gasteiger partial charge in [-0.1, -0.05) is 42.5 Å². The van der Waals surface area contributed by atoms with Crippen molar-refractivity contribution in [3.63, 3.8) is 0 Å². The maximum atomic E-state index is 12.2. The summed E-state index contributed by atoms with van der Waals surface area (Å²) in [5, 5.41) is 3.01. The lowest BCUT2D eigenvalue weighted by molar-refractivity contribution is -0.122. The summed E-state index contributed by atoms with van der Waals surface area (Å²) >= 11 is 0. The zero-order valence-electron chi connectivity index (χ0n) is 15.5. The molecule has 0 spiro atoms. The van der Waals surface area contributed by atoms with E-state index >= 15 is 0 Å². The lowest BCUT2D eigenvalue weighted by atomic mass is 9.90. The van der Waals surface area contributed by atoms with Crippen molar-refractivity contribution >= 4 is 5.91 Å². The zero-order valence-corrected chi connectivity index (χ0v) is 15.5.